The number of allylic oxidation sites excluding steroid dienone is 4. The summed E-state index contributed by atoms with van der Waals surface area (Å²) in [4.78, 5) is 0. The van der Waals surface area contributed by atoms with Crippen LogP contribution in [0.3, 0.4) is 0 Å². The van der Waals surface area contributed by atoms with Gasteiger partial charge in [-0.1, -0.05) is 0 Å². The first-order valence-corrected chi connectivity index (χ1v) is 26.0. The van der Waals surface area contributed by atoms with Crippen LogP contribution in [0.1, 0.15) is 111 Å². The van der Waals surface area contributed by atoms with Crippen molar-refractivity contribution in [3.8, 4) is 11.1 Å². The molecule has 0 N–H and O–H groups in total. The summed E-state index contributed by atoms with van der Waals surface area (Å²) in [5.41, 5.74) is 9.77. The van der Waals surface area contributed by atoms with Gasteiger partial charge in [0.05, 0.1) is 0 Å². The van der Waals surface area contributed by atoms with Crippen LogP contribution in [0.15, 0.2) is 99.9 Å². The predicted octanol–water partition coefficient (Wildman–Crippen LogP) is 13.1. The molecule has 0 saturated heterocycles. The second-order valence-corrected chi connectivity index (χ2v) is 31.8. The van der Waals surface area contributed by atoms with Gasteiger partial charge in [-0.3, -0.25) is 0 Å². The number of rotatable bonds is 7. The molecular formula is C47H58Cl4Zr. The zero-order valence-corrected chi connectivity index (χ0v) is 38.4. The number of unbranched alkanes of at least 4 members (excludes halogenated alkanes) is 1. The Bertz CT molecular complexity index is 2030. The SMILES string of the molecule is Cl.Cl.[CH2]=[Zr]([C]1=CC(C(C)(C)C)=CC1CCCC)([c]1ccc(Cl)cc1)([c]1ccc(Cl)cc1)[c]1c(C(C)(C)C)ccc2c1Cc1cc(C(C)(C)C)ccc1-2. The maximum atomic E-state index is 6.73. The van der Waals surface area contributed by atoms with Crippen molar-refractivity contribution in [2.75, 3.05) is 0 Å². The van der Waals surface area contributed by atoms with Gasteiger partial charge in [-0.25, -0.2) is 0 Å². The van der Waals surface area contributed by atoms with Crippen molar-refractivity contribution in [3.05, 3.63) is 132 Å². The third-order valence-corrected chi connectivity index (χ3v) is 28.6. The summed E-state index contributed by atoms with van der Waals surface area (Å²) in [5.74, 6) is 0.290. The molecule has 0 aliphatic heterocycles. The van der Waals surface area contributed by atoms with Gasteiger partial charge in [-0.2, -0.15) is 0 Å². The van der Waals surface area contributed by atoms with Gasteiger partial charge in [-0.15, -0.1) is 24.8 Å². The van der Waals surface area contributed by atoms with Crippen LogP contribution in [0, 0.1) is 11.3 Å². The predicted molar refractivity (Wildman–Crippen MR) is 234 cm³/mol. The van der Waals surface area contributed by atoms with Crippen molar-refractivity contribution in [3.63, 3.8) is 0 Å². The average molecular weight is 856 g/mol. The number of hydrogen-bond acceptors (Lipinski definition) is 0. The summed E-state index contributed by atoms with van der Waals surface area (Å²) in [6, 6.07) is 29.8. The van der Waals surface area contributed by atoms with E-state index in [0.717, 1.165) is 29.3 Å². The Morgan fingerprint density at radius 3 is 1.71 bits per heavy atom. The minimum atomic E-state index is -5.23. The third kappa shape index (κ3) is 7.22. The molecule has 52 heavy (non-hydrogen) atoms. The Labute approximate surface area is 337 Å². The van der Waals surface area contributed by atoms with Gasteiger partial charge in [0, 0.05) is 0 Å². The number of benzene rings is 4. The van der Waals surface area contributed by atoms with E-state index in [-0.39, 0.29) is 41.1 Å². The molecule has 2 aliphatic carbocycles. The van der Waals surface area contributed by atoms with Crippen molar-refractivity contribution < 1.29 is 18.3 Å². The molecule has 0 nitrogen and oxygen atoms in total. The minimum absolute atomic E-state index is 0. The summed E-state index contributed by atoms with van der Waals surface area (Å²) in [7, 11) is 0. The Morgan fingerprint density at radius 1 is 0.692 bits per heavy atom. The van der Waals surface area contributed by atoms with E-state index in [2.05, 4.69) is 160 Å². The molecule has 278 valence electrons. The van der Waals surface area contributed by atoms with E-state index >= 15 is 0 Å². The molecule has 0 saturated carbocycles. The molecule has 4 aromatic carbocycles. The van der Waals surface area contributed by atoms with Crippen molar-refractivity contribution in [2.45, 2.75) is 106 Å². The molecule has 0 heterocycles. The Kier molecular flexibility index (Phi) is 12.5. The van der Waals surface area contributed by atoms with E-state index in [1.165, 1.54) is 55.2 Å². The van der Waals surface area contributed by atoms with Crippen molar-refractivity contribution in [2.24, 2.45) is 11.3 Å². The fraction of sp³-hybridized carbons (Fsp3) is 0.383. The first kappa shape index (κ1) is 43.0. The molecule has 1 atom stereocenters. The number of hydrogen-bond donors (Lipinski definition) is 0. The number of halogens is 4. The molecule has 0 radical (unpaired) electrons. The van der Waals surface area contributed by atoms with Crippen LogP contribution in [-0.4, -0.2) is 4.21 Å². The molecule has 5 heteroatoms. The average Bonchev–Trinajstić information content (AvgIpc) is 3.65. The van der Waals surface area contributed by atoms with Crippen LogP contribution in [-0.2, 0) is 35.5 Å². The number of fused-ring (bicyclic) bond motifs is 3. The standard InChI is InChI=1S/C21H25.C13H21.2C6H4Cl.CH2.2ClH.Zr/c1-20(2,3)16-7-9-18-14(12-16)11-15-13-17(21(4,5)6)8-10-19(15)18;1-5-6-7-11-8-9-12(10-11)13(2,3)4;2*7-6-4-2-1-3-5-6;;;;/h7-10,12H,11H2,1-6H3;9-11H,5-7H2,1-4H3;2*2-5H;1H2;2*1H;. The third-order valence-electron chi connectivity index (χ3n) is 11.7. The van der Waals surface area contributed by atoms with Gasteiger partial charge in [0.1, 0.15) is 0 Å². The Balaban J connectivity index is 0.00000302. The van der Waals surface area contributed by atoms with Crippen LogP contribution in [0.4, 0.5) is 0 Å². The first-order valence-electron chi connectivity index (χ1n) is 18.6. The molecular weight excluding hydrogens is 798 g/mol. The van der Waals surface area contributed by atoms with Gasteiger partial charge < -0.3 is 0 Å². The molecule has 6 rings (SSSR count). The van der Waals surface area contributed by atoms with Crippen LogP contribution in [0.2, 0.25) is 10.0 Å². The van der Waals surface area contributed by atoms with Crippen LogP contribution in [0.5, 0.6) is 0 Å². The Morgan fingerprint density at radius 2 is 1.23 bits per heavy atom. The fourth-order valence-corrected chi connectivity index (χ4v) is 26.7. The quantitative estimate of drug-likeness (QED) is 0.153. The van der Waals surface area contributed by atoms with Crippen LogP contribution < -0.4 is 9.81 Å². The van der Waals surface area contributed by atoms with Gasteiger partial charge in [0.2, 0.25) is 0 Å². The van der Waals surface area contributed by atoms with E-state index < -0.39 is 18.3 Å². The van der Waals surface area contributed by atoms with E-state index in [0.29, 0.717) is 5.92 Å². The molecule has 0 spiro atoms. The van der Waals surface area contributed by atoms with Crippen molar-refractivity contribution >= 4 is 62.0 Å². The Hall–Kier alpha value is -1.73. The van der Waals surface area contributed by atoms with E-state index in [4.69, 9.17) is 27.4 Å². The molecule has 4 aromatic rings. The van der Waals surface area contributed by atoms with E-state index in [1.54, 1.807) is 3.28 Å². The second-order valence-electron chi connectivity index (χ2n) is 18.3. The molecule has 0 fully saturated rings. The second kappa shape index (κ2) is 15.1. The van der Waals surface area contributed by atoms with Gasteiger partial charge >= 0.3 is 316 Å². The van der Waals surface area contributed by atoms with E-state index in [9.17, 15) is 0 Å². The van der Waals surface area contributed by atoms with Crippen LogP contribution >= 0.6 is 48.0 Å². The zero-order chi connectivity index (χ0) is 36.5. The van der Waals surface area contributed by atoms with E-state index in [1.807, 2.05) is 0 Å². The molecule has 0 bridgehead atoms. The summed E-state index contributed by atoms with van der Waals surface area (Å²) in [5, 5.41) is 1.50. The van der Waals surface area contributed by atoms with Gasteiger partial charge in [-0.05, 0) is 0 Å². The molecule has 1 unspecified atom stereocenters. The zero-order valence-electron chi connectivity index (χ0n) is 32.8. The van der Waals surface area contributed by atoms with Crippen molar-refractivity contribution in [1.29, 1.82) is 0 Å². The van der Waals surface area contributed by atoms with Gasteiger partial charge in [0.25, 0.3) is 0 Å². The topological polar surface area (TPSA) is 0 Å². The molecule has 0 amide bonds. The van der Waals surface area contributed by atoms with Crippen molar-refractivity contribution in [1.82, 2.24) is 0 Å². The monoisotopic (exact) mass is 852 g/mol. The molecule has 2 aliphatic rings. The summed E-state index contributed by atoms with van der Waals surface area (Å²) in [6.07, 6.45) is 9.57. The summed E-state index contributed by atoms with van der Waals surface area (Å²) >= 11 is 8.23. The fourth-order valence-electron chi connectivity index (χ4n) is 8.89. The normalized spacial score (nSPS) is 16.0. The summed E-state index contributed by atoms with van der Waals surface area (Å²) < 4.78 is 11.6. The summed E-state index contributed by atoms with van der Waals surface area (Å²) in [6.45, 7) is 23.5. The van der Waals surface area contributed by atoms with Gasteiger partial charge in [0.15, 0.2) is 0 Å². The first-order chi connectivity index (χ1) is 23.3. The molecule has 0 aromatic heterocycles. The van der Waals surface area contributed by atoms with Crippen LogP contribution in [0.25, 0.3) is 11.1 Å². The maximum absolute atomic E-state index is 6.73.